The second-order valence-corrected chi connectivity index (χ2v) is 10.3. The van der Waals surface area contributed by atoms with E-state index in [1.165, 1.54) is 0 Å². The van der Waals surface area contributed by atoms with Crippen LogP contribution in [0.1, 0.15) is 49.8 Å². The lowest BCUT2D eigenvalue weighted by Gasteiger charge is -2.35. The molecule has 0 aliphatic carbocycles. The van der Waals surface area contributed by atoms with Crippen LogP contribution in [0.5, 0.6) is 0 Å². The molecule has 0 aromatic heterocycles. The smallest absolute Gasteiger partial charge is 0.130 e. The summed E-state index contributed by atoms with van der Waals surface area (Å²) < 4.78 is 25.6. The molecule has 5 nitrogen and oxygen atoms in total. The third-order valence-corrected chi connectivity index (χ3v) is 6.99. The zero-order valence-electron chi connectivity index (χ0n) is 22.5. The van der Waals surface area contributed by atoms with Gasteiger partial charge in [-0.15, -0.1) is 0 Å². The highest BCUT2D eigenvalue weighted by atomic mass is 16.6. The molecule has 0 saturated carbocycles. The molecular weight excluding hydrogens is 476 g/mol. The topological polar surface area (TPSA) is 54.0 Å². The lowest BCUT2D eigenvalue weighted by molar-refractivity contribution is -0.164. The van der Waals surface area contributed by atoms with Crippen LogP contribution in [-0.2, 0) is 43.6 Å². The standard InChI is InChI=1S/C33H40O5/c1-25(20-26(2)34)32(36-22-28-14-8-4-9-15-28)33(37-23-29-16-10-5-11-17-29)31-19-18-30(38-31)24-35-21-27-12-6-3-7-13-27/h3-17,25,30-33H,18-24H2,1-2H3/t25-,30-,31+,32-,33-/m1/s1. The number of benzene rings is 3. The Labute approximate surface area is 227 Å². The van der Waals surface area contributed by atoms with E-state index >= 15 is 0 Å². The van der Waals surface area contributed by atoms with Crippen molar-refractivity contribution in [3.63, 3.8) is 0 Å². The second-order valence-electron chi connectivity index (χ2n) is 10.3. The van der Waals surface area contributed by atoms with Gasteiger partial charge in [0.05, 0.1) is 44.7 Å². The van der Waals surface area contributed by atoms with E-state index in [4.69, 9.17) is 18.9 Å². The molecule has 1 saturated heterocycles. The van der Waals surface area contributed by atoms with Gasteiger partial charge in [-0.05, 0) is 42.4 Å². The van der Waals surface area contributed by atoms with Gasteiger partial charge in [-0.25, -0.2) is 0 Å². The first-order chi connectivity index (χ1) is 18.6. The fraction of sp³-hybridized carbons (Fsp3) is 0.424. The van der Waals surface area contributed by atoms with Crippen molar-refractivity contribution in [2.75, 3.05) is 6.61 Å². The lowest BCUT2D eigenvalue weighted by Crippen LogP contribution is -2.45. The molecule has 0 spiro atoms. The number of hydrogen-bond donors (Lipinski definition) is 0. The molecular formula is C33H40O5. The highest BCUT2D eigenvalue weighted by Gasteiger charge is 2.40. The van der Waals surface area contributed by atoms with E-state index in [0.717, 1.165) is 29.5 Å². The second kappa shape index (κ2) is 14.9. The van der Waals surface area contributed by atoms with Crippen LogP contribution in [0.3, 0.4) is 0 Å². The van der Waals surface area contributed by atoms with Gasteiger partial charge in [-0.3, -0.25) is 0 Å². The first-order valence-corrected chi connectivity index (χ1v) is 13.7. The van der Waals surface area contributed by atoms with Crippen LogP contribution in [0.25, 0.3) is 0 Å². The highest BCUT2D eigenvalue weighted by molar-refractivity contribution is 5.75. The summed E-state index contributed by atoms with van der Waals surface area (Å²) in [6.07, 6.45) is 1.45. The van der Waals surface area contributed by atoms with E-state index in [-0.39, 0.29) is 36.1 Å². The molecule has 5 atom stereocenters. The maximum Gasteiger partial charge on any atom is 0.130 e. The van der Waals surface area contributed by atoms with Crippen LogP contribution < -0.4 is 0 Å². The van der Waals surface area contributed by atoms with Gasteiger partial charge in [-0.1, -0.05) is 97.9 Å². The molecule has 38 heavy (non-hydrogen) atoms. The average molecular weight is 517 g/mol. The SMILES string of the molecule is CC(=O)C[C@@H](C)[C@@H](OCc1ccccc1)[C@H](OCc1ccccc1)[C@@H]1CC[C@H](COCc2ccccc2)O1. The van der Waals surface area contributed by atoms with Crippen LogP contribution in [0.2, 0.25) is 0 Å². The predicted octanol–water partition coefficient (Wildman–Crippen LogP) is 6.54. The summed E-state index contributed by atoms with van der Waals surface area (Å²) in [5, 5.41) is 0. The van der Waals surface area contributed by atoms with Crippen molar-refractivity contribution in [3.8, 4) is 0 Å². The van der Waals surface area contributed by atoms with E-state index in [0.29, 0.717) is 32.8 Å². The number of ketones is 1. The number of rotatable bonds is 15. The number of hydrogen-bond acceptors (Lipinski definition) is 5. The molecule has 4 rings (SSSR count). The lowest BCUT2D eigenvalue weighted by atomic mass is 9.91. The minimum Gasteiger partial charge on any atom is -0.374 e. The number of ether oxygens (including phenoxy) is 4. The summed E-state index contributed by atoms with van der Waals surface area (Å²) >= 11 is 0. The third-order valence-electron chi connectivity index (χ3n) is 6.99. The average Bonchev–Trinajstić information content (AvgIpc) is 3.40. The van der Waals surface area contributed by atoms with Gasteiger partial charge in [0.2, 0.25) is 0 Å². The van der Waals surface area contributed by atoms with E-state index in [1.54, 1.807) is 6.92 Å². The monoisotopic (exact) mass is 516 g/mol. The molecule has 3 aromatic rings. The fourth-order valence-corrected chi connectivity index (χ4v) is 5.08. The van der Waals surface area contributed by atoms with E-state index in [9.17, 15) is 4.79 Å². The van der Waals surface area contributed by atoms with Gasteiger partial charge in [0.25, 0.3) is 0 Å². The Hall–Kier alpha value is -2.83. The minimum atomic E-state index is -0.313. The van der Waals surface area contributed by atoms with Crippen molar-refractivity contribution >= 4 is 5.78 Å². The zero-order valence-corrected chi connectivity index (χ0v) is 22.5. The highest BCUT2D eigenvalue weighted by Crippen LogP contribution is 2.31. The molecule has 0 radical (unpaired) electrons. The maximum absolute atomic E-state index is 12.1. The molecule has 1 aliphatic heterocycles. The van der Waals surface area contributed by atoms with Gasteiger partial charge in [0.15, 0.2) is 0 Å². The summed E-state index contributed by atoms with van der Waals surface area (Å²) in [6, 6.07) is 30.5. The van der Waals surface area contributed by atoms with E-state index in [2.05, 4.69) is 43.3 Å². The number of carbonyl (C=O) groups is 1. The summed E-state index contributed by atoms with van der Waals surface area (Å²) in [5.74, 6) is 0.126. The minimum absolute atomic E-state index is 0.00410. The Morgan fingerprint density at radius 3 is 1.87 bits per heavy atom. The van der Waals surface area contributed by atoms with Crippen LogP contribution in [0.4, 0.5) is 0 Å². The molecule has 1 fully saturated rings. The van der Waals surface area contributed by atoms with Crippen LogP contribution in [-0.4, -0.2) is 36.8 Å². The Balaban J connectivity index is 1.45. The summed E-state index contributed by atoms with van der Waals surface area (Å²) in [4.78, 5) is 12.1. The molecule has 0 amide bonds. The van der Waals surface area contributed by atoms with E-state index < -0.39 is 0 Å². The number of carbonyl (C=O) groups excluding carboxylic acids is 1. The normalized spacial score (nSPS) is 19.6. The molecule has 202 valence electrons. The largest absolute Gasteiger partial charge is 0.374 e. The maximum atomic E-state index is 12.1. The Bertz CT molecular complexity index is 1070. The summed E-state index contributed by atoms with van der Waals surface area (Å²) in [5.41, 5.74) is 3.34. The van der Waals surface area contributed by atoms with Gasteiger partial charge in [0, 0.05) is 6.42 Å². The molecule has 1 heterocycles. The first kappa shape index (κ1) is 28.2. The quantitative estimate of drug-likeness (QED) is 0.230. The molecule has 1 aliphatic rings. The van der Waals surface area contributed by atoms with Crippen molar-refractivity contribution < 1.29 is 23.7 Å². The van der Waals surface area contributed by atoms with Gasteiger partial charge in [0.1, 0.15) is 11.9 Å². The third kappa shape index (κ3) is 8.88. The van der Waals surface area contributed by atoms with Crippen molar-refractivity contribution in [2.45, 2.75) is 77.3 Å². The molecule has 5 heteroatoms. The van der Waals surface area contributed by atoms with Crippen LogP contribution in [0, 0.1) is 5.92 Å². The van der Waals surface area contributed by atoms with Gasteiger partial charge >= 0.3 is 0 Å². The Morgan fingerprint density at radius 1 is 0.789 bits per heavy atom. The predicted molar refractivity (Wildman–Crippen MR) is 148 cm³/mol. The van der Waals surface area contributed by atoms with E-state index in [1.807, 2.05) is 54.6 Å². The van der Waals surface area contributed by atoms with Crippen molar-refractivity contribution in [1.29, 1.82) is 0 Å². The Morgan fingerprint density at radius 2 is 1.32 bits per heavy atom. The molecule has 0 unspecified atom stereocenters. The van der Waals surface area contributed by atoms with Crippen molar-refractivity contribution in [3.05, 3.63) is 108 Å². The van der Waals surface area contributed by atoms with Gasteiger partial charge in [-0.2, -0.15) is 0 Å². The zero-order chi connectivity index (χ0) is 26.6. The summed E-state index contributed by atoms with van der Waals surface area (Å²) in [6.45, 7) is 5.73. The molecule has 3 aromatic carbocycles. The van der Waals surface area contributed by atoms with Crippen LogP contribution in [0.15, 0.2) is 91.0 Å². The Kier molecular flexibility index (Phi) is 11.1. The molecule has 0 N–H and O–H groups in total. The van der Waals surface area contributed by atoms with Crippen LogP contribution >= 0.6 is 0 Å². The number of Topliss-reactive ketones (excluding diaryl/α,β-unsaturated/α-hetero) is 1. The molecule has 0 bridgehead atoms. The first-order valence-electron chi connectivity index (χ1n) is 13.7. The van der Waals surface area contributed by atoms with Crippen molar-refractivity contribution in [1.82, 2.24) is 0 Å². The van der Waals surface area contributed by atoms with Gasteiger partial charge < -0.3 is 23.7 Å². The fourth-order valence-electron chi connectivity index (χ4n) is 5.08. The van der Waals surface area contributed by atoms with Crippen molar-refractivity contribution in [2.24, 2.45) is 5.92 Å². The summed E-state index contributed by atoms with van der Waals surface area (Å²) in [7, 11) is 0.